The minimum Gasteiger partial charge on any atom is -0.467 e. The van der Waals surface area contributed by atoms with Crippen molar-refractivity contribution in [3.05, 3.63) is 23.8 Å². The lowest BCUT2D eigenvalue weighted by molar-refractivity contribution is -0.274. The van der Waals surface area contributed by atoms with Crippen molar-refractivity contribution in [2.24, 2.45) is 0 Å². The highest BCUT2D eigenvalue weighted by Crippen LogP contribution is 2.29. The molecule has 1 rings (SSSR count). The molecule has 1 aromatic carbocycles. The Morgan fingerprint density at radius 3 is 2.59 bits per heavy atom. The van der Waals surface area contributed by atoms with Gasteiger partial charge in [0, 0.05) is 13.2 Å². The van der Waals surface area contributed by atoms with Crippen molar-refractivity contribution in [2.75, 3.05) is 13.9 Å². The number of aldehydes is 1. The van der Waals surface area contributed by atoms with E-state index in [1.165, 1.54) is 19.2 Å². The molecule has 0 N–H and O–H groups in total. The molecule has 17 heavy (non-hydrogen) atoms. The summed E-state index contributed by atoms with van der Waals surface area (Å²) in [5, 5.41) is 0. The zero-order chi connectivity index (χ0) is 12.9. The third-order valence-electron chi connectivity index (χ3n) is 1.68. The first-order valence-electron chi connectivity index (χ1n) is 4.43. The molecular weight excluding hydrogens is 241 g/mol. The fraction of sp³-hybridized carbons (Fsp3) is 0.300. The molecule has 7 heteroatoms. The normalized spacial score (nSPS) is 11.1. The number of hydrogen-bond acceptors (Lipinski definition) is 4. The van der Waals surface area contributed by atoms with Gasteiger partial charge in [0.15, 0.2) is 13.1 Å². The number of ether oxygens (including phenoxy) is 3. The van der Waals surface area contributed by atoms with Gasteiger partial charge in [0.2, 0.25) is 0 Å². The maximum absolute atomic E-state index is 12.0. The van der Waals surface area contributed by atoms with Crippen LogP contribution in [0.25, 0.3) is 0 Å². The van der Waals surface area contributed by atoms with Crippen LogP contribution in [0.3, 0.4) is 0 Å². The first kappa shape index (κ1) is 13.3. The Balaban J connectivity index is 2.94. The van der Waals surface area contributed by atoms with Crippen LogP contribution in [-0.2, 0) is 4.74 Å². The molecule has 0 aliphatic heterocycles. The van der Waals surface area contributed by atoms with Gasteiger partial charge >= 0.3 is 6.36 Å². The largest absolute Gasteiger partial charge is 0.573 e. The van der Waals surface area contributed by atoms with E-state index in [4.69, 9.17) is 4.74 Å². The number of hydrogen-bond donors (Lipinski definition) is 0. The number of halogens is 3. The summed E-state index contributed by atoms with van der Waals surface area (Å²) in [6, 6.07) is 3.47. The average molecular weight is 250 g/mol. The molecule has 0 bridgehead atoms. The Morgan fingerprint density at radius 2 is 2.06 bits per heavy atom. The van der Waals surface area contributed by atoms with E-state index in [2.05, 4.69) is 9.47 Å². The lowest BCUT2D eigenvalue weighted by Gasteiger charge is -2.12. The first-order chi connectivity index (χ1) is 7.96. The van der Waals surface area contributed by atoms with Crippen LogP contribution in [0.5, 0.6) is 11.5 Å². The second kappa shape index (κ2) is 5.53. The standard InChI is InChI=1S/C10H9F3O4/c1-15-6-16-8-3-2-7(5-14)9(4-8)17-10(11,12)13/h2-5H,6H2,1H3. The Hall–Kier alpha value is -1.76. The molecule has 0 unspecified atom stereocenters. The molecule has 0 amide bonds. The van der Waals surface area contributed by atoms with E-state index in [-0.39, 0.29) is 24.4 Å². The number of benzene rings is 1. The van der Waals surface area contributed by atoms with Crippen molar-refractivity contribution in [1.29, 1.82) is 0 Å². The smallest absolute Gasteiger partial charge is 0.467 e. The molecule has 0 aliphatic carbocycles. The average Bonchev–Trinajstić information content (AvgIpc) is 2.24. The van der Waals surface area contributed by atoms with Gasteiger partial charge in [0.1, 0.15) is 11.5 Å². The maximum Gasteiger partial charge on any atom is 0.573 e. The van der Waals surface area contributed by atoms with E-state index < -0.39 is 12.1 Å². The molecular formula is C10H9F3O4. The summed E-state index contributed by atoms with van der Waals surface area (Å²) in [6.45, 7) is -0.119. The molecule has 0 aromatic heterocycles. The fourth-order valence-electron chi connectivity index (χ4n) is 1.04. The van der Waals surface area contributed by atoms with E-state index in [9.17, 15) is 18.0 Å². The summed E-state index contributed by atoms with van der Waals surface area (Å²) in [7, 11) is 1.37. The lowest BCUT2D eigenvalue weighted by Crippen LogP contribution is -2.18. The molecule has 0 saturated carbocycles. The molecule has 0 atom stereocenters. The predicted molar refractivity (Wildman–Crippen MR) is 51.0 cm³/mol. The Labute approximate surface area is 94.9 Å². The zero-order valence-electron chi connectivity index (χ0n) is 8.78. The summed E-state index contributed by atoms with van der Waals surface area (Å²) < 4.78 is 49.3. The van der Waals surface area contributed by atoms with Crippen LogP contribution in [0.4, 0.5) is 13.2 Å². The molecule has 0 spiro atoms. The minimum atomic E-state index is -4.86. The summed E-state index contributed by atoms with van der Waals surface area (Å²) in [4.78, 5) is 10.5. The van der Waals surface area contributed by atoms with Crippen LogP contribution in [0.2, 0.25) is 0 Å². The van der Waals surface area contributed by atoms with Gasteiger partial charge in [0.05, 0.1) is 5.56 Å². The summed E-state index contributed by atoms with van der Waals surface area (Å²) in [5.74, 6) is -0.502. The van der Waals surface area contributed by atoms with E-state index in [1.54, 1.807) is 0 Å². The van der Waals surface area contributed by atoms with Gasteiger partial charge in [-0.2, -0.15) is 0 Å². The molecule has 0 saturated heterocycles. The van der Waals surface area contributed by atoms with Crippen LogP contribution in [0, 0.1) is 0 Å². The van der Waals surface area contributed by atoms with E-state index in [0.717, 1.165) is 6.07 Å². The van der Waals surface area contributed by atoms with Crippen molar-refractivity contribution in [1.82, 2.24) is 0 Å². The van der Waals surface area contributed by atoms with Crippen molar-refractivity contribution >= 4 is 6.29 Å². The molecule has 0 heterocycles. The van der Waals surface area contributed by atoms with Gasteiger partial charge in [-0.15, -0.1) is 13.2 Å². The maximum atomic E-state index is 12.0. The van der Waals surface area contributed by atoms with Gasteiger partial charge in [-0.3, -0.25) is 4.79 Å². The predicted octanol–water partition coefficient (Wildman–Crippen LogP) is 2.38. The second-order valence-corrected chi connectivity index (χ2v) is 2.92. The Bertz CT molecular complexity index is 390. The van der Waals surface area contributed by atoms with Crippen molar-refractivity contribution in [2.45, 2.75) is 6.36 Å². The quantitative estimate of drug-likeness (QED) is 0.594. The monoisotopic (exact) mass is 250 g/mol. The van der Waals surface area contributed by atoms with Crippen LogP contribution in [0.15, 0.2) is 18.2 Å². The Kier molecular flexibility index (Phi) is 4.33. The van der Waals surface area contributed by atoms with Crippen LogP contribution < -0.4 is 9.47 Å². The third-order valence-corrected chi connectivity index (χ3v) is 1.68. The van der Waals surface area contributed by atoms with Gasteiger partial charge in [0.25, 0.3) is 0 Å². The highest BCUT2D eigenvalue weighted by Gasteiger charge is 2.32. The van der Waals surface area contributed by atoms with Crippen LogP contribution in [0.1, 0.15) is 10.4 Å². The first-order valence-corrected chi connectivity index (χ1v) is 4.43. The highest BCUT2D eigenvalue weighted by atomic mass is 19.4. The number of carbonyl (C=O) groups is 1. The molecule has 1 aromatic rings. The van der Waals surface area contributed by atoms with E-state index >= 15 is 0 Å². The second-order valence-electron chi connectivity index (χ2n) is 2.92. The van der Waals surface area contributed by atoms with Crippen molar-refractivity contribution in [3.63, 3.8) is 0 Å². The molecule has 0 aliphatic rings. The topological polar surface area (TPSA) is 44.8 Å². The number of carbonyl (C=O) groups excluding carboxylic acids is 1. The van der Waals surface area contributed by atoms with Crippen molar-refractivity contribution in [3.8, 4) is 11.5 Å². The number of alkyl halides is 3. The van der Waals surface area contributed by atoms with Crippen LogP contribution >= 0.6 is 0 Å². The van der Waals surface area contributed by atoms with Gasteiger partial charge in [-0.1, -0.05) is 0 Å². The van der Waals surface area contributed by atoms with Crippen molar-refractivity contribution < 1.29 is 32.2 Å². The molecule has 0 fully saturated rings. The molecule has 0 radical (unpaired) electrons. The van der Waals surface area contributed by atoms with Gasteiger partial charge in [-0.05, 0) is 12.1 Å². The summed E-state index contributed by atoms with van der Waals surface area (Å²) >= 11 is 0. The molecule has 4 nitrogen and oxygen atoms in total. The third kappa shape index (κ3) is 4.31. The van der Waals surface area contributed by atoms with E-state index in [0.29, 0.717) is 0 Å². The van der Waals surface area contributed by atoms with Crippen LogP contribution in [-0.4, -0.2) is 26.6 Å². The fourth-order valence-corrected chi connectivity index (χ4v) is 1.04. The highest BCUT2D eigenvalue weighted by molar-refractivity contribution is 5.79. The number of rotatable bonds is 5. The number of methoxy groups -OCH3 is 1. The minimum absolute atomic E-state index is 0.108. The van der Waals surface area contributed by atoms with Gasteiger partial charge in [-0.25, -0.2) is 0 Å². The Morgan fingerprint density at radius 1 is 1.35 bits per heavy atom. The van der Waals surface area contributed by atoms with Gasteiger partial charge < -0.3 is 14.2 Å². The van der Waals surface area contributed by atoms with E-state index in [1.807, 2.05) is 0 Å². The zero-order valence-corrected chi connectivity index (χ0v) is 8.78. The lowest BCUT2D eigenvalue weighted by atomic mass is 10.2. The molecule has 94 valence electrons. The summed E-state index contributed by atoms with van der Waals surface area (Å²) in [6.07, 6.45) is -4.60. The SMILES string of the molecule is COCOc1ccc(C=O)c(OC(F)(F)F)c1. The summed E-state index contributed by atoms with van der Waals surface area (Å²) in [5.41, 5.74) is -0.216.